The lowest BCUT2D eigenvalue weighted by molar-refractivity contribution is -0.136. The number of nitrogens with zero attached hydrogens (tertiary/aromatic N) is 2. The molecular weight excluding hydrogens is 407 g/mol. The van der Waals surface area contributed by atoms with Crippen LogP contribution in [0, 0.1) is 0 Å². The number of quaternary nitrogens is 1. The minimum Gasteiger partial charge on any atom is -0.481 e. The molecule has 0 bridgehead atoms. The van der Waals surface area contributed by atoms with Gasteiger partial charge in [-0.3, -0.25) is 4.79 Å². The summed E-state index contributed by atoms with van der Waals surface area (Å²) in [5, 5.41) is 15.6. The number of para-hydroxylation sites is 1. The molecular formula is C23H25Cl2N2O2+. The average molecular weight is 432 g/mol. The van der Waals surface area contributed by atoms with Crippen molar-refractivity contribution >= 4 is 40.6 Å². The third-order valence-electron chi connectivity index (χ3n) is 5.09. The van der Waals surface area contributed by atoms with Gasteiger partial charge in [-0.15, -0.1) is 4.59 Å². The molecule has 6 heteroatoms. The Morgan fingerprint density at radius 3 is 2.31 bits per heavy atom. The Balaban J connectivity index is 2.13. The first-order valence-corrected chi connectivity index (χ1v) is 10.6. The molecule has 29 heavy (non-hydrogen) atoms. The maximum atomic E-state index is 11.6. The molecule has 152 valence electrons. The molecule has 0 spiro atoms. The fraction of sp³-hybridized carbons (Fsp3) is 0.304. The van der Waals surface area contributed by atoms with Crippen molar-refractivity contribution < 1.29 is 9.90 Å². The monoisotopic (exact) mass is 431 g/mol. The van der Waals surface area contributed by atoms with E-state index in [9.17, 15) is 9.90 Å². The molecule has 0 saturated heterocycles. The highest BCUT2D eigenvalue weighted by atomic mass is 35.5. The van der Waals surface area contributed by atoms with Gasteiger partial charge in [-0.05, 0) is 36.6 Å². The van der Waals surface area contributed by atoms with Crippen molar-refractivity contribution in [3.05, 3.63) is 75.9 Å². The summed E-state index contributed by atoms with van der Waals surface area (Å²) in [6.07, 6.45) is 4.12. The number of halogens is 2. The van der Waals surface area contributed by atoms with Crippen LogP contribution in [0.25, 0.3) is 0 Å². The fourth-order valence-electron chi connectivity index (χ4n) is 3.63. The summed E-state index contributed by atoms with van der Waals surface area (Å²) in [4.78, 5) is 11.6. The van der Waals surface area contributed by atoms with Crippen LogP contribution in [-0.2, 0) is 4.79 Å². The SMILES string of the molecule is CCCCCC[N+]1(c2ccccc2)N=C(c2ccc(Cl)cc2)C(CC(=O)O)=C1Cl. The molecule has 1 unspecified atom stereocenters. The molecule has 1 N–H and O–H groups in total. The highest BCUT2D eigenvalue weighted by molar-refractivity contribution is 6.36. The summed E-state index contributed by atoms with van der Waals surface area (Å²) >= 11 is 13.0. The first kappa shape index (κ1) is 21.6. The fourth-order valence-corrected chi connectivity index (χ4v) is 4.14. The number of hydrogen-bond acceptors (Lipinski definition) is 2. The number of carboxylic acid groups (broad SMARTS) is 1. The van der Waals surface area contributed by atoms with E-state index in [1.165, 1.54) is 0 Å². The Kier molecular flexibility index (Phi) is 7.12. The lowest BCUT2D eigenvalue weighted by Crippen LogP contribution is -2.40. The van der Waals surface area contributed by atoms with E-state index >= 15 is 0 Å². The zero-order chi connectivity index (χ0) is 20.9. The molecule has 0 aliphatic carbocycles. The Morgan fingerprint density at radius 2 is 1.69 bits per heavy atom. The van der Waals surface area contributed by atoms with Crippen molar-refractivity contribution in [3.8, 4) is 0 Å². The molecule has 1 aliphatic rings. The van der Waals surface area contributed by atoms with Gasteiger partial charge >= 0.3 is 5.97 Å². The third-order valence-corrected chi connectivity index (χ3v) is 5.85. The molecule has 3 rings (SSSR count). The van der Waals surface area contributed by atoms with E-state index in [-0.39, 0.29) is 11.0 Å². The lowest BCUT2D eigenvalue weighted by atomic mass is 10.0. The standard InChI is InChI=1S/C23H24Cl2N2O2/c1-2-3-4-8-15-27(19-9-6-5-7-10-19)23(25)20(16-21(28)29)22(26-27)17-11-13-18(24)14-12-17/h5-7,9-14H,2-4,8,15-16H2,1H3/p+1. The number of hydrogen-bond donors (Lipinski definition) is 1. The number of carboxylic acids is 1. The van der Waals surface area contributed by atoms with E-state index in [1.54, 1.807) is 12.1 Å². The zero-order valence-corrected chi connectivity index (χ0v) is 18.0. The third kappa shape index (κ3) is 4.72. The molecule has 0 fully saturated rings. The summed E-state index contributed by atoms with van der Waals surface area (Å²) in [6.45, 7) is 2.86. The normalized spacial score (nSPS) is 18.8. The van der Waals surface area contributed by atoms with E-state index in [1.807, 2.05) is 42.5 Å². The van der Waals surface area contributed by atoms with Gasteiger partial charge in [0.15, 0.2) is 5.69 Å². The Hall–Kier alpha value is -2.14. The van der Waals surface area contributed by atoms with Gasteiger partial charge in [-0.1, -0.05) is 66.8 Å². The van der Waals surface area contributed by atoms with Crippen LogP contribution in [0.3, 0.4) is 0 Å². The molecule has 0 aromatic heterocycles. The quantitative estimate of drug-likeness (QED) is 0.277. The van der Waals surface area contributed by atoms with Crippen molar-refractivity contribution in [1.82, 2.24) is 4.59 Å². The van der Waals surface area contributed by atoms with Gasteiger partial charge < -0.3 is 5.11 Å². The molecule has 0 saturated carbocycles. The summed E-state index contributed by atoms with van der Waals surface area (Å²) in [5.41, 5.74) is 2.92. The van der Waals surface area contributed by atoms with Crippen LogP contribution in [-0.4, -0.2) is 23.3 Å². The number of benzene rings is 2. The Labute approximate surface area is 181 Å². The van der Waals surface area contributed by atoms with Crippen LogP contribution in [0.5, 0.6) is 0 Å². The second kappa shape index (κ2) is 9.57. The summed E-state index contributed by atoms with van der Waals surface area (Å²) in [6, 6.07) is 17.1. The van der Waals surface area contributed by atoms with Crippen LogP contribution in [0.2, 0.25) is 5.02 Å². The highest BCUT2D eigenvalue weighted by Crippen LogP contribution is 2.41. The molecule has 0 radical (unpaired) electrons. The molecule has 0 amide bonds. The largest absolute Gasteiger partial charge is 0.481 e. The lowest BCUT2D eigenvalue weighted by Gasteiger charge is -2.28. The summed E-state index contributed by atoms with van der Waals surface area (Å²) in [5.74, 6) is -0.932. The maximum Gasteiger partial charge on any atom is 0.308 e. The van der Waals surface area contributed by atoms with Crippen LogP contribution in [0.15, 0.2) is 70.4 Å². The van der Waals surface area contributed by atoms with E-state index < -0.39 is 5.97 Å². The van der Waals surface area contributed by atoms with Crippen LogP contribution in [0.4, 0.5) is 5.69 Å². The summed E-state index contributed by atoms with van der Waals surface area (Å²) < 4.78 is 0.104. The van der Waals surface area contributed by atoms with Gasteiger partial charge in [0.1, 0.15) is 12.3 Å². The van der Waals surface area contributed by atoms with Gasteiger partial charge in [0.2, 0.25) is 5.16 Å². The van der Waals surface area contributed by atoms with Gasteiger partial charge in [-0.2, -0.15) is 0 Å². The van der Waals surface area contributed by atoms with Gasteiger partial charge in [0.25, 0.3) is 0 Å². The number of aliphatic carboxylic acids is 1. The molecule has 2 aromatic carbocycles. The molecule has 1 heterocycles. The van der Waals surface area contributed by atoms with Crippen molar-refractivity contribution in [2.45, 2.75) is 39.0 Å². The van der Waals surface area contributed by atoms with Crippen LogP contribution >= 0.6 is 23.2 Å². The minimum absolute atomic E-state index is 0.104. The number of carbonyl (C=O) groups is 1. The molecule has 1 aliphatic heterocycles. The Morgan fingerprint density at radius 1 is 1.00 bits per heavy atom. The molecule has 4 nitrogen and oxygen atoms in total. The first-order valence-electron chi connectivity index (χ1n) is 9.89. The van der Waals surface area contributed by atoms with Gasteiger partial charge in [-0.25, -0.2) is 0 Å². The number of rotatable bonds is 9. The summed E-state index contributed by atoms with van der Waals surface area (Å²) in [7, 11) is 0. The topological polar surface area (TPSA) is 49.7 Å². The van der Waals surface area contributed by atoms with Crippen LogP contribution in [0.1, 0.15) is 44.6 Å². The van der Waals surface area contributed by atoms with E-state index in [0.717, 1.165) is 36.9 Å². The molecule has 2 aromatic rings. The second-order valence-electron chi connectivity index (χ2n) is 7.18. The zero-order valence-electron chi connectivity index (χ0n) is 16.4. The average Bonchev–Trinajstić information content (AvgIpc) is 2.99. The minimum atomic E-state index is -0.932. The highest BCUT2D eigenvalue weighted by Gasteiger charge is 2.45. The number of unbranched alkanes of at least 4 members (excludes halogenated alkanes) is 3. The first-order chi connectivity index (χ1) is 14.0. The van der Waals surface area contributed by atoms with Crippen molar-refractivity contribution in [2.75, 3.05) is 6.54 Å². The molecule has 1 atom stereocenters. The van der Waals surface area contributed by atoms with Gasteiger partial charge in [0.05, 0.1) is 12.0 Å². The van der Waals surface area contributed by atoms with Crippen molar-refractivity contribution in [3.63, 3.8) is 0 Å². The predicted molar refractivity (Wildman–Crippen MR) is 120 cm³/mol. The van der Waals surface area contributed by atoms with E-state index in [0.29, 0.717) is 28.0 Å². The van der Waals surface area contributed by atoms with Crippen LogP contribution < -0.4 is 4.59 Å². The van der Waals surface area contributed by atoms with E-state index in [4.69, 9.17) is 28.3 Å². The second-order valence-corrected chi connectivity index (χ2v) is 7.98. The van der Waals surface area contributed by atoms with Crippen molar-refractivity contribution in [2.24, 2.45) is 5.10 Å². The van der Waals surface area contributed by atoms with E-state index in [2.05, 4.69) is 6.92 Å². The predicted octanol–water partition coefficient (Wildman–Crippen LogP) is 6.57. The van der Waals surface area contributed by atoms with Crippen molar-refractivity contribution in [1.29, 1.82) is 0 Å². The maximum absolute atomic E-state index is 11.6. The Bertz CT molecular complexity index is 924. The van der Waals surface area contributed by atoms with Gasteiger partial charge in [0, 0.05) is 22.7 Å². The smallest absolute Gasteiger partial charge is 0.308 e.